The number of hydrogen-bond donors (Lipinski definition) is 3. The Labute approximate surface area is 93.8 Å². The lowest BCUT2D eigenvalue weighted by molar-refractivity contribution is -0.119. The van der Waals surface area contributed by atoms with E-state index in [1.165, 1.54) is 0 Å². The Morgan fingerprint density at radius 3 is 2.88 bits per heavy atom. The molecule has 1 aromatic heterocycles. The van der Waals surface area contributed by atoms with E-state index in [-0.39, 0.29) is 24.5 Å². The fraction of sp³-hybridized carbons (Fsp3) is 0.667. The van der Waals surface area contributed by atoms with Crippen LogP contribution >= 0.6 is 0 Å². The quantitative estimate of drug-likeness (QED) is 0.633. The molecule has 0 aromatic carbocycles. The third-order valence-electron chi connectivity index (χ3n) is 1.80. The highest BCUT2D eigenvalue weighted by Gasteiger charge is 2.10. The van der Waals surface area contributed by atoms with E-state index in [0.29, 0.717) is 12.4 Å². The molecule has 1 heterocycles. The Morgan fingerprint density at radius 1 is 1.56 bits per heavy atom. The van der Waals surface area contributed by atoms with Gasteiger partial charge < -0.3 is 20.8 Å². The summed E-state index contributed by atoms with van der Waals surface area (Å²) < 4.78 is 5.16. The maximum atomic E-state index is 11.2. The van der Waals surface area contributed by atoms with E-state index in [2.05, 4.69) is 20.8 Å². The van der Waals surface area contributed by atoms with Gasteiger partial charge in [-0.3, -0.25) is 4.79 Å². The zero-order chi connectivity index (χ0) is 12.0. The Kier molecular flexibility index (Phi) is 4.71. The number of carbonyl (C=O) groups excluding carboxylic acids is 1. The van der Waals surface area contributed by atoms with Gasteiger partial charge in [0.2, 0.25) is 11.8 Å². The largest absolute Gasteiger partial charge is 0.406 e. The number of rotatable bonds is 6. The summed E-state index contributed by atoms with van der Waals surface area (Å²) in [6.07, 6.45) is 0.904. The van der Waals surface area contributed by atoms with Crippen LogP contribution in [-0.4, -0.2) is 29.2 Å². The molecule has 4 N–H and O–H groups in total. The lowest BCUT2D eigenvalue weighted by Gasteiger charge is -2.02. The zero-order valence-corrected chi connectivity index (χ0v) is 9.49. The summed E-state index contributed by atoms with van der Waals surface area (Å²) in [6, 6.07) is -0.101. The molecule has 7 nitrogen and oxygen atoms in total. The molecule has 1 amide bonds. The van der Waals surface area contributed by atoms with Gasteiger partial charge in [0.05, 0.1) is 12.6 Å². The lowest BCUT2D eigenvalue weighted by atomic mass is 10.4. The van der Waals surface area contributed by atoms with Crippen LogP contribution < -0.4 is 16.4 Å². The first-order valence-corrected chi connectivity index (χ1v) is 5.23. The molecular formula is C9H17N5O2. The summed E-state index contributed by atoms with van der Waals surface area (Å²) in [6.45, 7) is 4.50. The van der Waals surface area contributed by atoms with Crippen LogP contribution in [0, 0.1) is 0 Å². The number of amides is 1. The molecule has 0 fully saturated rings. The first-order valence-electron chi connectivity index (χ1n) is 5.23. The summed E-state index contributed by atoms with van der Waals surface area (Å²) in [5.41, 5.74) is 5.55. The van der Waals surface area contributed by atoms with Crippen molar-refractivity contribution in [2.45, 2.75) is 26.3 Å². The number of carbonyl (C=O) groups is 1. The maximum absolute atomic E-state index is 11.2. The first kappa shape index (κ1) is 12.4. The summed E-state index contributed by atoms with van der Waals surface area (Å²) in [7, 11) is 0. The summed E-state index contributed by atoms with van der Waals surface area (Å²) >= 11 is 0. The molecule has 7 heteroatoms. The highest BCUT2D eigenvalue weighted by Crippen LogP contribution is 2.10. The molecule has 16 heavy (non-hydrogen) atoms. The van der Waals surface area contributed by atoms with E-state index < -0.39 is 0 Å². The molecule has 1 atom stereocenters. The molecule has 0 aliphatic heterocycles. The summed E-state index contributed by atoms with van der Waals surface area (Å²) in [5, 5.41) is 12.9. The van der Waals surface area contributed by atoms with Gasteiger partial charge in [0.25, 0.3) is 0 Å². The third kappa shape index (κ3) is 3.85. The van der Waals surface area contributed by atoms with E-state index in [0.717, 1.165) is 6.42 Å². The van der Waals surface area contributed by atoms with Crippen LogP contribution in [0.4, 0.5) is 6.01 Å². The van der Waals surface area contributed by atoms with Crippen LogP contribution in [0.25, 0.3) is 0 Å². The topological polar surface area (TPSA) is 106 Å². The van der Waals surface area contributed by atoms with Crippen LogP contribution in [0.2, 0.25) is 0 Å². The normalized spacial score (nSPS) is 12.2. The van der Waals surface area contributed by atoms with Crippen molar-refractivity contribution >= 4 is 11.9 Å². The van der Waals surface area contributed by atoms with E-state index in [4.69, 9.17) is 10.2 Å². The van der Waals surface area contributed by atoms with Crippen molar-refractivity contribution in [3.05, 3.63) is 5.89 Å². The Morgan fingerprint density at radius 2 is 2.31 bits per heavy atom. The fourth-order valence-electron chi connectivity index (χ4n) is 0.973. The second-order valence-corrected chi connectivity index (χ2v) is 3.44. The molecule has 1 unspecified atom stereocenters. The van der Waals surface area contributed by atoms with Crippen LogP contribution in [0.3, 0.4) is 0 Å². The van der Waals surface area contributed by atoms with E-state index in [1.807, 2.05) is 6.92 Å². The maximum Gasteiger partial charge on any atom is 0.315 e. The molecule has 0 radical (unpaired) electrons. The molecule has 0 aliphatic rings. The van der Waals surface area contributed by atoms with Crippen molar-refractivity contribution in [2.75, 3.05) is 18.4 Å². The van der Waals surface area contributed by atoms with Crippen molar-refractivity contribution in [3.63, 3.8) is 0 Å². The number of nitrogens with two attached hydrogens (primary N) is 1. The van der Waals surface area contributed by atoms with Crippen molar-refractivity contribution in [1.82, 2.24) is 15.5 Å². The average Bonchev–Trinajstić information content (AvgIpc) is 2.72. The van der Waals surface area contributed by atoms with Crippen molar-refractivity contribution < 1.29 is 9.21 Å². The standard InChI is InChI=1S/C9H17N5O2/c1-3-4-11-7(15)5-12-9-14-13-8(16-9)6(2)10/h6H,3-5,10H2,1-2H3,(H,11,15)(H,12,14). The minimum Gasteiger partial charge on any atom is -0.406 e. The first-order chi connectivity index (χ1) is 7.63. The van der Waals surface area contributed by atoms with E-state index in [9.17, 15) is 4.79 Å². The third-order valence-corrected chi connectivity index (χ3v) is 1.80. The molecule has 0 saturated heterocycles. The molecule has 0 saturated carbocycles. The van der Waals surface area contributed by atoms with E-state index >= 15 is 0 Å². The highest BCUT2D eigenvalue weighted by atomic mass is 16.4. The molecule has 1 aromatic rings. The lowest BCUT2D eigenvalue weighted by Crippen LogP contribution is -2.30. The number of nitrogens with one attached hydrogen (secondary N) is 2. The van der Waals surface area contributed by atoms with Crippen molar-refractivity contribution in [1.29, 1.82) is 0 Å². The second-order valence-electron chi connectivity index (χ2n) is 3.44. The van der Waals surface area contributed by atoms with Gasteiger partial charge in [0, 0.05) is 6.54 Å². The zero-order valence-electron chi connectivity index (χ0n) is 9.49. The average molecular weight is 227 g/mol. The van der Waals surface area contributed by atoms with Crippen LogP contribution in [0.15, 0.2) is 4.42 Å². The Balaban J connectivity index is 2.33. The van der Waals surface area contributed by atoms with Gasteiger partial charge in [-0.2, -0.15) is 0 Å². The van der Waals surface area contributed by atoms with Gasteiger partial charge in [-0.05, 0) is 13.3 Å². The predicted molar refractivity (Wildman–Crippen MR) is 58.7 cm³/mol. The van der Waals surface area contributed by atoms with Crippen LogP contribution in [0.5, 0.6) is 0 Å². The number of hydrogen-bond acceptors (Lipinski definition) is 6. The Hall–Kier alpha value is -1.63. The highest BCUT2D eigenvalue weighted by molar-refractivity contribution is 5.79. The van der Waals surface area contributed by atoms with Gasteiger partial charge in [-0.1, -0.05) is 12.0 Å². The molecule has 0 aliphatic carbocycles. The number of nitrogens with zero attached hydrogens (tertiary/aromatic N) is 2. The van der Waals surface area contributed by atoms with Crippen LogP contribution in [-0.2, 0) is 4.79 Å². The van der Waals surface area contributed by atoms with Crippen LogP contribution in [0.1, 0.15) is 32.2 Å². The second kappa shape index (κ2) is 6.06. The van der Waals surface area contributed by atoms with Crippen molar-refractivity contribution in [3.8, 4) is 0 Å². The van der Waals surface area contributed by atoms with Gasteiger partial charge in [-0.15, -0.1) is 5.10 Å². The molecule has 0 bridgehead atoms. The SMILES string of the molecule is CCCNC(=O)CNc1nnc(C(C)N)o1. The van der Waals surface area contributed by atoms with Gasteiger partial charge in [0.1, 0.15) is 0 Å². The van der Waals surface area contributed by atoms with Gasteiger partial charge in [0.15, 0.2) is 0 Å². The minimum absolute atomic E-state index is 0.109. The van der Waals surface area contributed by atoms with Gasteiger partial charge >= 0.3 is 6.01 Å². The number of aromatic nitrogens is 2. The number of anilines is 1. The summed E-state index contributed by atoms with van der Waals surface area (Å²) in [5.74, 6) is 0.235. The molecule has 1 rings (SSSR count). The monoisotopic (exact) mass is 227 g/mol. The molecule has 90 valence electrons. The minimum atomic E-state index is -0.308. The van der Waals surface area contributed by atoms with Gasteiger partial charge in [-0.25, -0.2) is 0 Å². The molecular weight excluding hydrogens is 210 g/mol. The Bertz CT molecular complexity index is 336. The summed E-state index contributed by atoms with van der Waals surface area (Å²) in [4.78, 5) is 11.2. The van der Waals surface area contributed by atoms with Crippen molar-refractivity contribution in [2.24, 2.45) is 5.73 Å². The molecule has 0 spiro atoms. The fourth-order valence-corrected chi connectivity index (χ4v) is 0.973. The smallest absolute Gasteiger partial charge is 0.315 e. The van der Waals surface area contributed by atoms with E-state index in [1.54, 1.807) is 6.92 Å². The predicted octanol–water partition coefficient (Wildman–Crippen LogP) is 0.0274.